The van der Waals surface area contributed by atoms with Crippen LogP contribution in [0.5, 0.6) is 23.0 Å². The molecule has 2 fully saturated rings. The van der Waals surface area contributed by atoms with Gasteiger partial charge in [-0.1, -0.05) is 98.3 Å². The third-order valence-electron chi connectivity index (χ3n) is 15.0. The number of carbonyl (C=O) groups is 2. The standard InChI is InChI=1S/C58H70FN3O10/c1-4-32-69-58-53(62(37-40-20-23-43(59)24-21-40)54(65)29-22-39-14-8-9-15-39)36-50(61-70-38-41-16-6-5-7-17-41)47-33-42(18-10-12-30-63)46(19-11-13-31-64)55(56(47)58)48-34-45(26-28-51(48)72-58)71-57(66)60-49-27-25-44(67-2)35-52(49)68-3/h4-7,16-17,20-21,23-28,33-35,39,42,46,53,55-56,63-64H,1,8-15,18-19,22,29-32,36-38H2,2-3H3,(H,60,66). The van der Waals surface area contributed by atoms with Crippen LogP contribution in [0.15, 0.2) is 120 Å². The minimum atomic E-state index is -1.52. The van der Waals surface area contributed by atoms with Crippen LogP contribution in [0.1, 0.15) is 106 Å². The number of aliphatic hydroxyl groups is 2. The lowest BCUT2D eigenvalue weighted by Gasteiger charge is -2.60. The molecule has 3 N–H and O–H groups in total. The SMILES string of the molecule is C=CCOC12Oc3ccc(OC(=O)Nc4ccc(OC)cc4OC)cc3C3C(CCCCO)C(CCCCO)C=C(C(=NOCc4ccccc4)CC1N(Cc1ccc(F)cc1)C(=O)CCC1CCCC1)C32. The van der Waals surface area contributed by atoms with Gasteiger partial charge in [0.2, 0.25) is 11.7 Å². The summed E-state index contributed by atoms with van der Waals surface area (Å²) in [4.78, 5) is 37.2. The largest absolute Gasteiger partial charge is 0.497 e. The zero-order valence-electron chi connectivity index (χ0n) is 41.6. The number of carbonyl (C=O) groups excluding carboxylic acids is 2. The van der Waals surface area contributed by atoms with Gasteiger partial charge < -0.3 is 43.6 Å². The van der Waals surface area contributed by atoms with E-state index in [1.54, 1.807) is 55.7 Å². The van der Waals surface area contributed by atoms with Crippen LogP contribution in [0.25, 0.3) is 0 Å². The van der Waals surface area contributed by atoms with Gasteiger partial charge in [-0.3, -0.25) is 10.1 Å². The summed E-state index contributed by atoms with van der Waals surface area (Å²) in [7, 11) is 3.05. The van der Waals surface area contributed by atoms with Crippen molar-refractivity contribution in [1.29, 1.82) is 0 Å². The number of hydrogen-bond acceptors (Lipinski definition) is 11. The van der Waals surface area contributed by atoms with Crippen molar-refractivity contribution >= 4 is 23.4 Å². The highest BCUT2D eigenvalue weighted by Crippen LogP contribution is 2.62. The van der Waals surface area contributed by atoms with Gasteiger partial charge >= 0.3 is 6.09 Å². The van der Waals surface area contributed by atoms with Crippen LogP contribution in [0, 0.1) is 29.5 Å². The molecule has 4 aliphatic rings. The minimum absolute atomic E-state index is 0.0239. The Labute approximate surface area is 423 Å². The van der Waals surface area contributed by atoms with Crippen LogP contribution in [0.2, 0.25) is 0 Å². The Morgan fingerprint density at radius 1 is 0.889 bits per heavy atom. The molecule has 4 aromatic carbocycles. The fraction of sp³-hybridized carbons (Fsp3) is 0.466. The fourth-order valence-electron chi connectivity index (χ4n) is 11.5. The number of amides is 2. The molecule has 1 aliphatic heterocycles. The van der Waals surface area contributed by atoms with Gasteiger partial charge in [0.25, 0.3) is 0 Å². The van der Waals surface area contributed by atoms with E-state index in [9.17, 15) is 19.4 Å². The molecule has 384 valence electrons. The number of allylic oxidation sites excluding steroid dienone is 1. The number of anilines is 1. The van der Waals surface area contributed by atoms with E-state index >= 15 is 4.79 Å². The van der Waals surface area contributed by atoms with Gasteiger partial charge in [0, 0.05) is 50.1 Å². The second-order valence-electron chi connectivity index (χ2n) is 19.4. The fourth-order valence-corrected chi connectivity index (χ4v) is 11.5. The van der Waals surface area contributed by atoms with E-state index in [0.717, 1.165) is 80.1 Å². The first-order valence-electron chi connectivity index (χ1n) is 25.7. The van der Waals surface area contributed by atoms with Crippen molar-refractivity contribution in [3.63, 3.8) is 0 Å². The molecule has 14 heteroatoms. The van der Waals surface area contributed by atoms with Crippen LogP contribution < -0.4 is 24.3 Å². The lowest BCUT2D eigenvalue weighted by Crippen LogP contribution is -2.70. The van der Waals surface area contributed by atoms with E-state index in [0.29, 0.717) is 53.8 Å². The molecule has 2 amide bonds. The minimum Gasteiger partial charge on any atom is -0.497 e. The Hall–Kier alpha value is -6.22. The third-order valence-corrected chi connectivity index (χ3v) is 15.0. The first-order valence-corrected chi connectivity index (χ1v) is 25.7. The number of methoxy groups -OCH3 is 2. The quantitative estimate of drug-likeness (QED) is 0.0351. The zero-order chi connectivity index (χ0) is 50.5. The summed E-state index contributed by atoms with van der Waals surface area (Å²) >= 11 is 0. The van der Waals surface area contributed by atoms with Crippen molar-refractivity contribution in [3.8, 4) is 23.0 Å². The molecule has 4 aromatic rings. The van der Waals surface area contributed by atoms with E-state index in [1.165, 1.54) is 19.2 Å². The van der Waals surface area contributed by atoms with Crippen LogP contribution >= 0.6 is 0 Å². The average Bonchev–Trinajstić information content (AvgIpc) is 3.93. The first kappa shape index (κ1) is 52.1. The molecule has 0 aromatic heterocycles. The van der Waals surface area contributed by atoms with Gasteiger partial charge in [-0.15, -0.1) is 6.58 Å². The first-order chi connectivity index (χ1) is 35.2. The van der Waals surface area contributed by atoms with Gasteiger partial charge in [0.05, 0.1) is 38.1 Å². The molecule has 2 saturated carbocycles. The summed E-state index contributed by atoms with van der Waals surface area (Å²) in [6.07, 6.45) is 13.2. The molecule has 0 bridgehead atoms. The number of fused-ring (bicyclic) bond motifs is 2. The van der Waals surface area contributed by atoms with E-state index < -0.39 is 23.8 Å². The van der Waals surface area contributed by atoms with Crippen molar-refractivity contribution in [3.05, 3.63) is 138 Å². The van der Waals surface area contributed by atoms with Gasteiger partial charge in [-0.05, 0) is 109 Å². The molecule has 8 rings (SSSR count). The van der Waals surface area contributed by atoms with Crippen LogP contribution in [0.4, 0.5) is 14.9 Å². The number of nitrogens with one attached hydrogen (secondary N) is 1. The second-order valence-corrected chi connectivity index (χ2v) is 19.4. The summed E-state index contributed by atoms with van der Waals surface area (Å²) in [5.74, 6) is -0.824. The summed E-state index contributed by atoms with van der Waals surface area (Å²) < 4.78 is 46.1. The molecule has 6 unspecified atom stereocenters. The van der Waals surface area contributed by atoms with E-state index in [4.69, 9.17) is 33.7 Å². The van der Waals surface area contributed by atoms with Gasteiger partial charge in [0.1, 0.15) is 41.5 Å². The van der Waals surface area contributed by atoms with Gasteiger partial charge in [-0.25, -0.2) is 9.18 Å². The lowest BCUT2D eigenvalue weighted by molar-refractivity contribution is -0.258. The molecule has 0 radical (unpaired) electrons. The van der Waals surface area contributed by atoms with E-state index in [2.05, 4.69) is 18.0 Å². The third kappa shape index (κ3) is 12.2. The number of ether oxygens (including phenoxy) is 5. The van der Waals surface area contributed by atoms with Crippen LogP contribution in [-0.4, -0.2) is 78.7 Å². The van der Waals surface area contributed by atoms with Crippen LogP contribution in [0.3, 0.4) is 0 Å². The number of rotatable bonds is 24. The smallest absolute Gasteiger partial charge is 0.417 e. The molecular formula is C58H70FN3O10. The number of hydrogen-bond donors (Lipinski definition) is 3. The number of benzene rings is 4. The second kappa shape index (κ2) is 24.9. The maximum atomic E-state index is 15.3. The monoisotopic (exact) mass is 988 g/mol. The Balaban J connectivity index is 1.29. The summed E-state index contributed by atoms with van der Waals surface area (Å²) in [5.41, 5.74) is 4.41. The molecule has 1 heterocycles. The molecule has 3 aliphatic carbocycles. The van der Waals surface area contributed by atoms with Crippen molar-refractivity contribution in [2.75, 3.05) is 39.4 Å². The maximum absolute atomic E-state index is 15.3. The number of halogens is 1. The topological polar surface area (TPSA) is 158 Å². The Morgan fingerprint density at radius 3 is 2.36 bits per heavy atom. The molecule has 0 spiro atoms. The number of aliphatic hydroxyl groups excluding tert-OH is 2. The molecule has 72 heavy (non-hydrogen) atoms. The number of unbranched alkanes of at least 4 members (excludes halogenated alkanes) is 2. The summed E-state index contributed by atoms with van der Waals surface area (Å²) in [6, 6.07) is 25.7. The van der Waals surface area contributed by atoms with Crippen molar-refractivity contribution in [2.24, 2.45) is 28.8 Å². The molecule has 13 nitrogen and oxygen atoms in total. The number of nitrogens with zero attached hydrogens (tertiary/aromatic N) is 2. The number of oxime groups is 1. The molecule has 6 atom stereocenters. The van der Waals surface area contributed by atoms with Crippen molar-refractivity contribution < 1.29 is 52.7 Å². The van der Waals surface area contributed by atoms with Crippen molar-refractivity contribution in [2.45, 2.75) is 114 Å². The molecule has 0 saturated heterocycles. The van der Waals surface area contributed by atoms with Crippen molar-refractivity contribution in [1.82, 2.24) is 4.90 Å². The molecular weight excluding hydrogens is 918 g/mol. The average molecular weight is 988 g/mol. The predicted molar refractivity (Wildman–Crippen MR) is 274 cm³/mol. The Morgan fingerprint density at radius 2 is 1.64 bits per heavy atom. The van der Waals surface area contributed by atoms with Gasteiger partial charge in [-0.2, -0.15) is 0 Å². The normalized spacial score (nSPS) is 22.7. The highest BCUT2D eigenvalue weighted by Gasteiger charge is 2.65. The summed E-state index contributed by atoms with van der Waals surface area (Å²) in [5, 5.41) is 27.9. The Kier molecular flexibility index (Phi) is 18.1. The van der Waals surface area contributed by atoms with Gasteiger partial charge in [0.15, 0.2) is 0 Å². The van der Waals surface area contributed by atoms with E-state index in [-0.39, 0.29) is 74.6 Å². The predicted octanol–water partition coefficient (Wildman–Crippen LogP) is 11.3. The zero-order valence-corrected chi connectivity index (χ0v) is 41.6. The van der Waals surface area contributed by atoms with E-state index in [1.807, 2.05) is 41.3 Å². The Bertz CT molecular complexity index is 2510. The lowest BCUT2D eigenvalue weighted by atomic mass is 9.55. The maximum Gasteiger partial charge on any atom is 0.417 e. The summed E-state index contributed by atoms with van der Waals surface area (Å²) in [6.45, 7) is 4.63. The highest BCUT2D eigenvalue weighted by molar-refractivity contribution is 6.03. The van der Waals surface area contributed by atoms with Crippen LogP contribution in [-0.2, 0) is 27.5 Å². The highest BCUT2D eigenvalue weighted by atomic mass is 19.1.